The zero-order valence-corrected chi connectivity index (χ0v) is 19.2. The van der Waals surface area contributed by atoms with E-state index in [1.807, 2.05) is 42.3 Å². The molecule has 0 spiro atoms. The van der Waals surface area contributed by atoms with Crippen LogP contribution in [0.5, 0.6) is 5.75 Å². The molecule has 9 nitrogen and oxygen atoms in total. The van der Waals surface area contributed by atoms with Crippen LogP contribution < -0.4 is 10.1 Å². The number of carbonyl (C=O) groups excluding carboxylic acids is 1. The summed E-state index contributed by atoms with van der Waals surface area (Å²) in [4.78, 5) is 28.1. The average Bonchev–Trinajstić information content (AvgIpc) is 3.25. The van der Waals surface area contributed by atoms with Gasteiger partial charge in [-0.05, 0) is 13.5 Å². The zero-order valence-electron chi connectivity index (χ0n) is 19.2. The second-order valence-corrected chi connectivity index (χ2v) is 8.27. The molecule has 0 saturated carbocycles. The summed E-state index contributed by atoms with van der Waals surface area (Å²) in [6.45, 7) is 0.295. The topological polar surface area (TPSA) is 98.1 Å². The van der Waals surface area contributed by atoms with Crippen molar-refractivity contribution in [2.24, 2.45) is 0 Å². The molecule has 1 atom stereocenters. The van der Waals surface area contributed by atoms with Crippen molar-refractivity contribution in [2.45, 2.75) is 25.4 Å². The SMILES string of the molecule is COc1cc2ncnc(-c3cn(CC(F)F)nc3-c3ccccc3)c2nc1NC(=O)[C@H]1CCN1C. The van der Waals surface area contributed by atoms with Crippen LogP contribution in [0.3, 0.4) is 0 Å². The molecule has 1 saturated heterocycles. The highest BCUT2D eigenvalue weighted by atomic mass is 19.3. The Labute approximate surface area is 199 Å². The number of nitrogens with zero attached hydrogens (tertiary/aromatic N) is 6. The number of nitrogens with one attached hydrogen (secondary N) is 1. The molecule has 0 radical (unpaired) electrons. The van der Waals surface area contributed by atoms with Crippen molar-refractivity contribution in [2.75, 3.05) is 26.0 Å². The van der Waals surface area contributed by atoms with E-state index in [1.165, 1.54) is 24.3 Å². The van der Waals surface area contributed by atoms with Gasteiger partial charge >= 0.3 is 0 Å². The van der Waals surface area contributed by atoms with Crippen LogP contribution in [0.4, 0.5) is 14.6 Å². The molecule has 0 bridgehead atoms. The van der Waals surface area contributed by atoms with E-state index in [9.17, 15) is 13.6 Å². The Bertz CT molecular complexity index is 1380. The van der Waals surface area contributed by atoms with Gasteiger partial charge in [-0.2, -0.15) is 5.10 Å². The van der Waals surface area contributed by atoms with Gasteiger partial charge in [-0.15, -0.1) is 0 Å². The Morgan fingerprint density at radius 3 is 2.69 bits per heavy atom. The average molecular weight is 479 g/mol. The molecule has 1 N–H and O–H groups in total. The number of halogens is 2. The number of benzene rings is 1. The second kappa shape index (κ2) is 9.34. The fourth-order valence-corrected chi connectivity index (χ4v) is 4.10. The number of methoxy groups -OCH3 is 1. The summed E-state index contributed by atoms with van der Waals surface area (Å²) in [6, 6.07) is 10.7. The van der Waals surface area contributed by atoms with E-state index in [0.717, 1.165) is 18.5 Å². The molecule has 1 aliphatic heterocycles. The Kier molecular flexibility index (Phi) is 6.08. The van der Waals surface area contributed by atoms with Gasteiger partial charge in [0.05, 0.1) is 18.7 Å². The summed E-state index contributed by atoms with van der Waals surface area (Å²) in [6.07, 6.45) is 1.10. The third kappa shape index (κ3) is 4.42. The van der Waals surface area contributed by atoms with E-state index < -0.39 is 13.0 Å². The summed E-state index contributed by atoms with van der Waals surface area (Å²) < 4.78 is 32.9. The number of anilines is 1. The molecule has 0 aliphatic carbocycles. The van der Waals surface area contributed by atoms with Crippen molar-refractivity contribution in [1.82, 2.24) is 29.6 Å². The Morgan fingerprint density at radius 2 is 2.03 bits per heavy atom. The molecule has 11 heteroatoms. The van der Waals surface area contributed by atoms with E-state index in [4.69, 9.17) is 4.74 Å². The van der Waals surface area contributed by atoms with Crippen LogP contribution in [0.1, 0.15) is 6.42 Å². The highest BCUT2D eigenvalue weighted by Crippen LogP contribution is 2.35. The predicted octanol–water partition coefficient (Wildman–Crippen LogP) is 3.47. The van der Waals surface area contributed by atoms with Crippen LogP contribution in [0.15, 0.2) is 48.9 Å². The number of ether oxygens (including phenoxy) is 1. The van der Waals surface area contributed by atoms with Gasteiger partial charge in [0.25, 0.3) is 6.43 Å². The predicted molar refractivity (Wildman–Crippen MR) is 126 cm³/mol. The number of hydrogen-bond donors (Lipinski definition) is 1. The van der Waals surface area contributed by atoms with Crippen LogP contribution in [-0.4, -0.2) is 68.7 Å². The summed E-state index contributed by atoms with van der Waals surface area (Å²) >= 11 is 0. The molecule has 0 unspecified atom stereocenters. The number of pyridine rings is 1. The summed E-state index contributed by atoms with van der Waals surface area (Å²) in [5.41, 5.74) is 3.04. The number of likely N-dealkylation sites (N-methyl/N-ethyl adjacent to an activating group) is 1. The van der Waals surface area contributed by atoms with E-state index in [1.54, 1.807) is 6.07 Å². The maximum Gasteiger partial charge on any atom is 0.257 e. The minimum Gasteiger partial charge on any atom is -0.493 e. The van der Waals surface area contributed by atoms with Crippen molar-refractivity contribution in [3.63, 3.8) is 0 Å². The molecule has 35 heavy (non-hydrogen) atoms. The van der Waals surface area contributed by atoms with E-state index >= 15 is 0 Å². The van der Waals surface area contributed by atoms with Crippen molar-refractivity contribution < 1.29 is 18.3 Å². The fourth-order valence-electron chi connectivity index (χ4n) is 4.10. The monoisotopic (exact) mass is 479 g/mol. The van der Waals surface area contributed by atoms with Crippen LogP contribution in [0.25, 0.3) is 33.5 Å². The second-order valence-electron chi connectivity index (χ2n) is 8.27. The molecule has 180 valence electrons. The Hall–Kier alpha value is -3.99. The van der Waals surface area contributed by atoms with Gasteiger partial charge in [-0.25, -0.2) is 23.7 Å². The molecule has 4 aromatic rings. The first-order valence-corrected chi connectivity index (χ1v) is 11.1. The highest BCUT2D eigenvalue weighted by molar-refractivity contribution is 5.99. The third-order valence-corrected chi connectivity index (χ3v) is 6.02. The quantitative estimate of drug-likeness (QED) is 0.433. The van der Waals surface area contributed by atoms with Crippen molar-refractivity contribution in [3.8, 4) is 28.3 Å². The number of alkyl halides is 2. The maximum atomic E-state index is 13.1. The number of hydrogen-bond acceptors (Lipinski definition) is 7. The van der Waals surface area contributed by atoms with Crippen LogP contribution in [0, 0.1) is 0 Å². The minimum absolute atomic E-state index is 0.183. The van der Waals surface area contributed by atoms with Gasteiger partial charge in [0, 0.05) is 29.9 Å². The molecular weight excluding hydrogens is 456 g/mol. The Balaban J connectivity index is 1.64. The lowest BCUT2D eigenvalue weighted by molar-refractivity contribution is -0.124. The minimum atomic E-state index is -2.57. The normalized spacial score (nSPS) is 15.9. The number of rotatable bonds is 7. The van der Waals surface area contributed by atoms with E-state index in [2.05, 4.69) is 25.4 Å². The Morgan fingerprint density at radius 1 is 1.23 bits per heavy atom. The van der Waals surface area contributed by atoms with Gasteiger partial charge in [0.1, 0.15) is 29.8 Å². The fraction of sp³-hybridized carbons (Fsp3) is 0.292. The molecule has 4 heterocycles. The number of likely N-dealkylation sites (tertiary alicyclic amines) is 1. The van der Waals surface area contributed by atoms with Crippen molar-refractivity contribution in [1.29, 1.82) is 0 Å². The van der Waals surface area contributed by atoms with E-state index in [-0.39, 0.29) is 17.8 Å². The third-order valence-electron chi connectivity index (χ3n) is 6.02. The lowest BCUT2D eigenvalue weighted by atomic mass is 10.0. The smallest absolute Gasteiger partial charge is 0.257 e. The molecule has 1 fully saturated rings. The van der Waals surface area contributed by atoms with Crippen molar-refractivity contribution >= 4 is 22.8 Å². The first kappa shape index (κ1) is 22.8. The van der Waals surface area contributed by atoms with Crippen LogP contribution in [0.2, 0.25) is 0 Å². The van der Waals surface area contributed by atoms with Gasteiger partial charge < -0.3 is 10.1 Å². The standard InChI is InChI=1S/C24H23F2N7O2/c1-32-9-8-17(32)24(34)30-23-18(35-2)10-16-22(29-23)21(28-13-27-16)15-11-33(12-19(25)26)31-20(15)14-6-4-3-5-7-14/h3-7,10-11,13,17,19H,8-9,12H2,1-2H3,(H,29,30,34)/t17-/m1/s1. The van der Waals surface area contributed by atoms with Gasteiger partial charge in [-0.1, -0.05) is 30.3 Å². The molecule has 5 rings (SSSR count). The van der Waals surface area contributed by atoms with Gasteiger partial charge in [0.2, 0.25) is 5.91 Å². The summed E-state index contributed by atoms with van der Waals surface area (Å²) in [7, 11) is 3.37. The number of carbonyl (C=O) groups is 1. The first-order valence-electron chi connectivity index (χ1n) is 11.1. The molecular formula is C24H23F2N7O2. The molecule has 1 aliphatic rings. The largest absolute Gasteiger partial charge is 0.493 e. The number of fused-ring (bicyclic) bond motifs is 1. The maximum absolute atomic E-state index is 13.1. The lowest BCUT2D eigenvalue weighted by Gasteiger charge is -2.36. The number of aromatic nitrogens is 5. The highest BCUT2D eigenvalue weighted by Gasteiger charge is 2.32. The van der Waals surface area contributed by atoms with Crippen LogP contribution in [-0.2, 0) is 11.3 Å². The van der Waals surface area contributed by atoms with Crippen molar-refractivity contribution in [3.05, 3.63) is 48.9 Å². The summed E-state index contributed by atoms with van der Waals surface area (Å²) in [5.74, 6) is 0.411. The zero-order chi connectivity index (χ0) is 24.5. The first-order chi connectivity index (χ1) is 16.9. The molecule has 3 aromatic heterocycles. The van der Waals surface area contributed by atoms with Crippen LogP contribution >= 0.6 is 0 Å². The van der Waals surface area contributed by atoms with Gasteiger partial charge in [-0.3, -0.25) is 14.4 Å². The van der Waals surface area contributed by atoms with E-state index in [0.29, 0.717) is 33.7 Å². The summed E-state index contributed by atoms with van der Waals surface area (Å²) in [5, 5.41) is 7.26. The molecule has 1 amide bonds. The molecule has 1 aromatic carbocycles. The number of amides is 1. The lowest BCUT2D eigenvalue weighted by Crippen LogP contribution is -2.51. The van der Waals surface area contributed by atoms with Gasteiger partial charge in [0.15, 0.2) is 11.6 Å².